The molecule has 0 saturated heterocycles. The predicted molar refractivity (Wildman–Crippen MR) is 140 cm³/mol. The van der Waals surface area contributed by atoms with Gasteiger partial charge >= 0.3 is 5.97 Å². The van der Waals surface area contributed by atoms with Gasteiger partial charge in [-0.3, -0.25) is 14.4 Å². The number of benzene rings is 2. The molecule has 0 radical (unpaired) electrons. The lowest BCUT2D eigenvalue weighted by Gasteiger charge is -2.25. The second-order valence-electron chi connectivity index (χ2n) is 8.41. The van der Waals surface area contributed by atoms with Crippen LogP contribution in [0.2, 0.25) is 0 Å². The third-order valence-electron chi connectivity index (χ3n) is 5.64. The molecule has 0 aliphatic rings. The zero-order chi connectivity index (χ0) is 26.2. The minimum Gasteiger partial charge on any atom is -0.456 e. The highest BCUT2D eigenvalue weighted by atomic mass is 16.5. The fourth-order valence-electron chi connectivity index (χ4n) is 3.71. The molecule has 2 rings (SSSR count). The van der Waals surface area contributed by atoms with Gasteiger partial charge in [0.2, 0.25) is 11.8 Å². The second kappa shape index (κ2) is 16.1. The molecule has 2 amide bonds. The van der Waals surface area contributed by atoms with Crippen LogP contribution in [0.15, 0.2) is 86.0 Å². The van der Waals surface area contributed by atoms with Gasteiger partial charge in [0.15, 0.2) is 0 Å². The summed E-state index contributed by atoms with van der Waals surface area (Å²) in [4.78, 5) is 39.9. The molecule has 2 unspecified atom stereocenters. The Bertz CT molecular complexity index is 978. The van der Waals surface area contributed by atoms with Crippen LogP contribution in [0.1, 0.15) is 42.9 Å². The lowest BCUT2D eigenvalue weighted by molar-refractivity contribution is -0.150. The van der Waals surface area contributed by atoms with Gasteiger partial charge in [-0.25, -0.2) is 0 Å². The minimum absolute atomic E-state index is 0.0280. The van der Waals surface area contributed by atoms with Crippen LogP contribution in [-0.4, -0.2) is 47.5 Å². The normalized spacial score (nSPS) is 12.1. The van der Waals surface area contributed by atoms with E-state index < -0.39 is 12.0 Å². The van der Waals surface area contributed by atoms with Crippen molar-refractivity contribution >= 4 is 17.8 Å². The first-order chi connectivity index (χ1) is 17.5. The minimum atomic E-state index is -0.656. The van der Waals surface area contributed by atoms with E-state index in [9.17, 15) is 19.5 Å². The molecule has 7 heteroatoms. The van der Waals surface area contributed by atoms with Crippen LogP contribution in [0.4, 0.5) is 0 Å². The van der Waals surface area contributed by atoms with Crippen molar-refractivity contribution in [3.63, 3.8) is 0 Å². The zero-order valence-electron chi connectivity index (χ0n) is 20.7. The number of rotatable bonds is 16. The Morgan fingerprint density at radius 2 is 1.67 bits per heavy atom. The van der Waals surface area contributed by atoms with Crippen molar-refractivity contribution in [1.82, 2.24) is 10.2 Å². The van der Waals surface area contributed by atoms with E-state index in [1.54, 1.807) is 17.1 Å². The van der Waals surface area contributed by atoms with Crippen molar-refractivity contribution in [1.29, 1.82) is 0 Å². The summed E-state index contributed by atoms with van der Waals surface area (Å²) in [5.74, 6) is -1.57. The molecule has 0 fully saturated rings. The number of amides is 2. The van der Waals surface area contributed by atoms with E-state index in [2.05, 4.69) is 18.5 Å². The average Bonchev–Trinajstić information content (AvgIpc) is 2.90. The highest BCUT2D eigenvalue weighted by Crippen LogP contribution is 2.19. The molecule has 36 heavy (non-hydrogen) atoms. The van der Waals surface area contributed by atoms with Crippen molar-refractivity contribution in [2.75, 3.05) is 19.7 Å². The number of allylic oxidation sites excluding steroid dienone is 2. The van der Waals surface area contributed by atoms with Crippen LogP contribution in [0, 0.1) is 5.92 Å². The molecule has 2 N–H and O–H groups in total. The van der Waals surface area contributed by atoms with E-state index in [-0.39, 0.29) is 50.3 Å². The van der Waals surface area contributed by atoms with E-state index >= 15 is 0 Å². The molecule has 2 atom stereocenters. The maximum atomic E-state index is 13.1. The van der Waals surface area contributed by atoms with Crippen molar-refractivity contribution in [2.24, 2.45) is 5.92 Å². The summed E-state index contributed by atoms with van der Waals surface area (Å²) >= 11 is 0. The van der Waals surface area contributed by atoms with Gasteiger partial charge in [-0.15, -0.1) is 13.2 Å². The van der Waals surface area contributed by atoms with Crippen LogP contribution >= 0.6 is 0 Å². The Balaban J connectivity index is 2.05. The van der Waals surface area contributed by atoms with Gasteiger partial charge in [-0.2, -0.15) is 0 Å². The van der Waals surface area contributed by atoms with Crippen molar-refractivity contribution < 1.29 is 24.2 Å². The van der Waals surface area contributed by atoms with Gasteiger partial charge in [0.05, 0.1) is 19.1 Å². The number of esters is 1. The molecule has 192 valence electrons. The van der Waals surface area contributed by atoms with Gasteiger partial charge in [0.1, 0.15) is 6.10 Å². The molecule has 0 aromatic heterocycles. The van der Waals surface area contributed by atoms with Crippen molar-refractivity contribution in [3.05, 3.63) is 97.1 Å². The molecular formula is C29H36N2O5. The van der Waals surface area contributed by atoms with Gasteiger partial charge in [-0.1, -0.05) is 72.8 Å². The number of aliphatic hydroxyl groups excluding tert-OH is 1. The van der Waals surface area contributed by atoms with Gasteiger partial charge in [0, 0.05) is 25.9 Å². The van der Waals surface area contributed by atoms with E-state index in [1.807, 2.05) is 60.7 Å². The number of aliphatic hydroxyl groups is 1. The van der Waals surface area contributed by atoms with Gasteiger partial charge in [-0.05, 0) is 24.0 Å². The Hall–Kier alpha value is -3.71. The standard InChI is InChI=1S/C29H36N2O5/c1-3-5-17-28(34)36-26(24-15-10-7-11-16-24)21-30-29(35)25(12-4-2)20-27(33)31(18-19-32)22-23-13-8-6-9-14-23/h3-4,6-11,13-16,25-26,32H,1-2,5,12,17-22H2,(H,30,35). The summed E-state index contributed by atoms with van der Waals surface area (Å²) in [7, 11) is 0. The fourth-order valence-corrected chi connectivity index (χ4v) is 3.71. The van der Waals surface area contributed by atoms with Crippen LogP contribution in [0.5, 0.6) is 0 Å². The van der Waals surface area contributed by atoms with Crippen LogP contribution < -0.4 is 5.32 Å². The predicted octanol–water partition coefficient (Wildman–Crippen LogP) is 3.96. The quantitative estimate of drug-likeness (QED) is 0.273. The fraction of sp³-hybridized carbons (Fsp3) is 0.345. The summed E-state index contributed by atoms with van der Waals surface area (Å²) < 4.78 is 5.62. The van der Waals surface area contributed by atoms with E-state index in [1.165, 1.54) is 0 Å². The number of nitrogens with zero attached hydrogens (tertiary/aromatic N) is 1. The van der Waals surface area contributed by atoms with E-state index in [0.717, 1.165) is 11.1 Å². The molecule has 0 aliphatic carbocycles. The van der Waals surface area contributed by atoms with Crippen LogP contribution in [0.3, 0.4) is 0 Å². The number of hydrogen-bond donors (Lipinski definition) is 2. The number of ether oxygens (including phenoxy) is 1. The molecule has 0 bridgehead atoms. The maximum Gasteiger partial charge on any atom is 0.306 e. The zero-order valence-corrected chi connectivity index (χ0v) is 20.7. The SMILES string of the molecule is C=CCCC(=O)OC(CNC(=O)C(CC=C)CC(=O)N(CCO)Cc1ccccc1)c1ccccc1. The lowest BCUT2D eigenvalue weighted by Crippen LogP contribution is -2.39. The molecular weight excluding hydrogens is 456 g/mol. The van der Waals surface area contributed by atoms with Gasteiger partial charge < -0.3 is 20.1 Å². The van der Waals surface area contributed by atoms with E-state index in [0.29, 0.717) is 19.4 Å². The molecule has 2 aromatic carbocycles. The third-order valence-corrected chi connectivity index (χ3v) is 5.64. The summed E-state index contributed by atoms with van der Waals surface area (Å²) in [5, 5.41) is 12.3. The summed E-state index contributed by atoms with van der Waals surface area (Å²) in [6, 6.07) is 18.7. The average molecular weight is 493 g/mol. The highest BCUT2D eigenvalue weighted by Gasteiger charge is 2.25. The Morgan fingerprint density at radius 1 is 1.00 bits per heavy atom. The largest absolute Gasteiger partial charge is 0.456 e. The van der Waals surface area contributed by atoms with E-state index in [4.69, 9.17) is 4.74 Å². The first-order valence-electron chi connectivity index (χ1n) is 12.1. The summed E-state index contributed by atoms with van der Waals surface area (Å²) in [6.07, 6.45) is 3.59. The number of nitrogens with one attached hydrogen (secondary N) is 1. The molecule has 2 aromatic rings. The Kier molecular flexibility index (Phi) is 12.7. The summed E-state index contributed by atoms with van der Waals surface area (Å²) in [5.41, 5.74) is 1.70. The molecule has 0 heterocycles. The van der Waals surface area contributed by atoms with Crippen molar-refractivity contribution in [2.45, 2.75) is 38.3 Å². The molecule has 7 nitrogen and oxygen atoms in total. The summed E-state index contributed by atoms with van der Waals surface area (Å²) in [6.45, 7) is 7.77. The first kappa shape index (κ1) is 28.5. The van der Waals surface area contributed by atoms with Gasteiger partial charge in [0.25, 0.3) is 0 Å². The Labute approximate surface area is 213 Å². The highest BCUT2D eigenvalue weighted by molar-refractivity contribution is 5.86. The monoisotopic (exact) mass is 492 g/mol. The Morgan fingerprint density at radius 3 is 2.28 bits per heavy atom. The molecule has 0 aliphatic heterocycles. The topological polar surface area (TPSA) is 95.9 Å². The van der Waals surface area contributed by atoms with Crippen LogP contribution in [-0.2, 0) is 25.7 Å². The second-order valence-corrected chi connectivity index (χ2v) is 8.41. The first-order valence-corrected chi connectivity index (χ1v) is 12.1. The molecule has 0 spiro atoms. The number of hydrogen-bond acceptors (Lipinski definition) is 5. The van der Waals surface area contributed by atoms with Crippen molar-refractivity contribution in [3.8, 4) is 0 Å². The number of carbonyl (C=O) groups is 3. The maximum absolute atomic E-state index is 13.1. The third kappa shape index (κ3) is 9.88. The van der Waals surface area contributed by atoms with Crippen LogP contribution in [0.25, 0.3) is 0 Å². The molecule has 0 saturated carbocycles. The lowest BCUT2D eigenvalue weighted by atomic mass is 9.98. The number of carbonyl (C=O) groups excluding carboxylic acids is 3. The smallest absolute Gasteiger partial charge is 0.306 e.